The summed E-state index contributed by atoms with van der Waals surface area (Å²) in [4.78, 5) is 26.6. The molecule has 0 spiro atoms. The fourth-order valence-corrected chi connectivity index (χ4v) is 4.25. The summed E-state index contributed by atoms with van der Waals surface area (Å²) in [5, 5.41) is 12.5. The van der Waals surface area contributed by atoms with E-state index in [4.69, 9.17) is 0 Å². The third kappa shape index (κ3) is 4.37. The number of hydrogen-bond donors (Lipinski definition) is 1. The first-order valence-electron chi connectivity index (χ1n) is 9.87. The smallest absolute Gasteiger partial charge is 0.370 e. The summed E-state index contributed by atoms with van der Waals surface area (Å²) in [5.74, 6) is 0.149. The molecule has 2 aromatic rings. The minimum atomic E-state index is -4.39. The van der Waals surface area contributed by atoms with Crippen molar-refractivity contribution in [3.8, 4) is 6.07 Å². The molecule has 0 saturated carbocycles. The molecule has 166 valence electrons. The SMILES string of the molecule is CN1CCCC(CNc2c(C#N)c(=O)n(C)c(=O)n2C)C1c1ccc(C(F)(F)F)cc1. The van der Waals surface area contributed by atoms with Gasteiger partial charge in [0, 0.05) is 26.7 Å². The highest BCUT2D eigenvalue weighted by atomic mass is 19.4. The van der Waals surface area contributed by atoms with Gasteiger partial charge in [-0.3, -0.25) is 18.8 Å². The highest BCUT2D eigenvalue weighted by molar-refractivity contribution is 5.51. The number of hydrogen-bond acceptors (Lipinski definition) is 5. The van der Waals surface area contributed by atoms with Crippen LogP contribution >= 0.6 is 0 Å². The maximum Gasteiger partial charge on any atom is 0.416 e. The summed E-state index contributed by atoms with van der Waals surface area (Å²) in [6, 6.07) is 6.88. The molecule has 7 nitrogen and oxygen atoms in total. The predicted molar refractivity (Wildman–Crippen MR) is 110 cm³/mol. The quantitative estimate of drug-likeness (QED) is 0.798. The Hall–Kier alpha value is -3.06. The molecule has 2 atom stereocenters. The van der Waals surface area contributed by atoms with Gasteiger partial charge >= 0.3 is 11.9 Å². The first-order valence-corrected chi connectivity index (χ1v) is 9.87. The molecule has 0 bridgehead atoms. The number of likely N-dealkylation sites (tertiary alicyclic amines) is 1. The van der Waals surface area contributed by atoms with Crippen molar-refractivity contribution in [1.29, 1.82) is 5.26 Å². The number of benzene rings is 1. The van der Waals surface area contributed by atoms with E-state index >= 15 is 0 Å². The van der Waals surface area contributed by atoms with Gasteiger partial charge in [-0.25, -0.2) is 4.79 Å². The van der Waals surface area contributed by atoms with Crippen LogP contribution in [0.2, 0.25) is 0 Å². The average molecular weight is 435 g/mol. The Balaban J connectivity index is 1.90. The molecule has 0 aliphatic carbocycles. The Labute approximate surface area is 177 Å². The molecule has 1 N–H and O–H groups in total. The number of halogens is 3. The van der Waals surface area contributed by atoms with Crippen LogP contribution in [0.1, 0.15) is 35.6 Å². The second kappa shape index (κ2) is 8.59. The monoisotopic (exact) mass is 435 g/mol. The number of rotatable bonds is 4. The van der Waals surface area contributed by atoms with Crippen molar-refractivity contribution < 1.29 is 13.2 Å². The molecular weight excluding hydrogens is 411 g/mol. The number of aromatic nitrogens is 2. The summed E-state index contributed by atoms with van der Waals surface area (Å²) < 4.78 is 40.9. The number of alkyl halides is 3. The van der Waals surface area contributed by atoms with E-state index in [1.165, 1.54) is 30.8 Å². The standard InChI is InChI=1S/C21H24F3N5O2/c1-27-10-4-5-14(17(27)13-6-8-15(9-7-13)21(22,23)24)12-26-18-16(11-25)19(30)29(3)20(31)28(18)2/h6-9,14,17,26H,4-5,10,12H2,1-3H3. The maximum absolute atomic E-state index is 12.9. The number of nitrogens with one attached hydrogen (secondary N) is 1. The van der Waals surface area contributed by atoms with E-state index in [9.17, 15) is 28.0 Å². The topological polar surface area (TPSA) is 83.1 Å². The summed E-state index contributed by atoms with van der Waals surface area (Å²) in [6.45, 7) is 1.15. The van der Waals surface area contributed by atoms with Gasteiger partial charge in [-0.15, -0.1) is 0 Å². The third-order valence-electron chi connectivity index (χ3n) is 5.89. The molecule has 0 amide bonds. The minimum absolute atomic E-state index is 0.00110. The second-order valence-electron chi connectivity index (χ2n) is 7.87. The van der Waals surface area contributed by atoms with Gasteiger partial charge in [0.1, 0.15) is 11.9 Å². The molecule has 0 radical (unpaired) electrons. The van der Waals surface area contributed by atoms with Gasteiger partial charge in [-0.1, -0.05) is 12.1 Å². The van der Waals surface area contributed by atoms with Crippen molar-refractivity contribution in [3.63, 3.8) is 0 Å². The fourth-order valence-electron chi connectivity index (χ4n) is 4.25. The zero-order valence-corrected chi connectivity index (χ0v) is 17.5. The third-order valence-corrected chi connectivity index (χ3v) is 5.89. The molecule has 2 unspecified atom stereocenters. The van der Waals surface area contributed by atoms with E-state index in [-0.39, 0.29) is 23.3 Å². The maximum atomic E-state index is 12.9. The van der Waals surface area contributed by atoms with Crippen LogP contribution in [0.4, 0.5) is 19.0 Å². The van der Waals surface area contributed by atoms with Gasteiger partial charge in [-0.05, 0) is 50.0 Å². The molecule has 1 aliphatic rings. The van der Waals surface area contributed by atoms with Gasteiger partial charge in [0.05, 0.1) is 5.56 Å². The molecule has 1 aromatic heterocycles. The number of piperidine rings is 1. The van der Waals surface area contributed by atoms with E-state index < -0.39 is 23.0 Å². The van der Waals surface area contributed by atoms with E-state index in [1.807, 2.05) is 13.1 Å². The molecular formula is C21H24F3N5O2. The highest BCUT2D eigenvalue weighted by Crippen LogP contribution is 2.37. The summed E-state index contributed by atoms with van der Waals surface area (Å²) >= 11 is 0. The van der Waals surface area contributed by atoms with Crippen molar-refractivity contribution in [2.75, 3.05) is 25.5 Å². The van der Waals surface area contributed by atoms with Crippen molar-refractivity contribution in [2.24, 2.45) is 20.0 Å². The Morgan fingerprint density at radius 2 is 1.77 bits per heavy atom. The molecule has 3 rings (SSSR count). The van der Waals surface area contributed by atoms with Crippen LogP contribution in [0, 0.1) is 17.2 Å². The second-order valence-corrected chi connectivity index (χ2v) is 7.87. The van der Waals surface area contributed by atoms with Crippen molar-refractivity contribution in [1.82, 2.24) is 14.0 Å². The summed E-state index contributed by atoms with van der Waals surface area (Å²) in [7, 11) is 4.71. The summed E-state index contributed by atoms with van der Waals surface area (Å²) in [5.41, 5.74) is -1.31. The first kappa shape index (κ1) is 22.6. The van der Waals surface area contributed by atoms with E-state index in [2.05, 4.69) is 10.2 Å². The molecule has 1 aliphatic heterocycles. The molecule has 31 heavy (non-hydrogen) atoms. The van der Waals surface area contributed by atoms with Crippen LogP contribution in [0.25, 0.3) is 0 Å². The Morgan fingerprint density at radius 3 is 2.35 bits per heavy atom. The van der Waals surface area contributed by atoms with Crippen LogP contribution < -0.4 is 16.6 Å². The zero-order valence-electron chi connectivity index (χ0n) is 17.5. The molecule has 1 aromatic carbocycles. The van der Waals surface area contributed by atoms with Crippen LogP contribution in [0.15, 0.2) is 33.9 Å². The lowest BCUT2D eigenvalue weighted by molar-refractivity contribution is -0.137. The highest BCUT2D eigenvalue weighted by Gasteiger charge is 2.33. The lowest BCUT2D eigenvalue weighted by Crippen LogP contribution is -2.42. The van der Waals surface area contributed by atoms with E-state index in [1.54, 1.807) is 0 Å². The largest absolute Gasteiger partial charge is 0.416 e. The summed E-state index contributed by atoms with van der Waals surface area (Å²) in [6.07, 6.45) is -2.68. The van der Waals surface area contributed by atoms with Crippen LogP contribution in [-0.2, 0) is 20.3 Å². The Morgan fingerprint density at radius 1 is 1.13 bits per heavy atom. The lowest BCUT2D eigenvalue weighted by atomic mass is 9.84. The van der Waals surface area contributed by atoms with Crippen LogP contribution in [-0.4, -0.2) is 34.2 Å². The molecule has 1 fully saturated rings. The van der Waals surface area contributed by atoms with Gasteiger partial charge in [-0.2, -0.15) is 18.4 Å². The van der Waals surface area contributed by atoms with E-state index in [0.717, 1.165) is 41.6 Å². The van der Waals surface area contributed by atoms with Crippen molar-refractivity contribution in [3.05, 3.63) is 61.8 Å². The number of anilines is 1. The molecule has 10 heteroatoms. The van der Waals surface area contributed by atoms with Crippen molar-refractivity contribution >= 4 is 5.82 Å². The van der Waals surface area contributed by atoms with Gasteiger partial charge < -0.3 is 5.32 Å². The first-order chi connectivity index (χ1) is 14.6. The number of nitriles is 1. The predicted octanol–water partition coefficient (Wildman–Crippen LogP) is 2.47. The minimum Gasteiger partial charge on any atom is -0.370 e. The lowest BCUT2D eigenvalue weighted by Gasteiger charge is -2.40. The zero-order chi connectivity index (χ0) is 22.9. The van der Waals surface area contributed by atoms with Crippen LogP contribution in [0.3, 0.4) is 0 Å². The molecule has 2 heterocycles. The Bertz CT molecular complexity index is 1110. The normalized spacial score (nSPS) is 19.8. The van der Waals surface area contributed by atoms with Crippen molar-refractivity contribution in [2.45, 2.75) is 25.1 Å². The van der Waals surface area contributed by atoms with Gasteiger partial charge in [0.2, 0.25) is 0 Å². The van der Waals surface area contributed by atoms with E-state index in [0.29, 0.717) is 6.54 Å². The van der Waals surface area contributed by atoms with Gasteiger partial charge in [0.25, 0.3) is 5.56 Å². The fraction of sp³-hybridized carbons (Fsp3) is 0.476. The number of nitrogens with zero attached hydrogens (tertiary/aromatic N) is 4. The Kier molecular flexibility index (Phi) is 6.27. The average Bonchev–Trinajstić information content (AvgIpc) is 2.73. The van der Waals surface area contributed by atoms with Gasteiger partial charge in [0.15, 0.2) is 5.56 Å². The van der Waals surface area contributed by atoms with Crippen LogP contribution in [0.5, 0.6) is 0 Å². The molecule has 1 saturated heterocycles.